The van der Waals surface area contributed by atoms with Gasteiger partial charge in [-0.15, -0.1) is 0 Å². The quantitative estimate of drug-likeness (QED) is 0.339. The Kier molecular flexibility index (Phi) is 13.8. The number of urea groups is 1. The largest absolute Gasteiger partial charge is 0.491 e. The van der Waals surface area contributed by atoms with Crippen molar-refractivity contribution in [3.05, 3.63) is 52.4 Å². The van der Waals surface area contributed by atoms with E-state index in [0.29, 0.717) is 52.4 Å². The van der Waals surface area contributed by atoms with E-state index < -0.39 is 0 Å². The highest BCUT2D eigenvalue weighted by molar-refractivity contribution is 6.36. The average Bonchev–Trinajstić information content (AvgIpc) is 3.62. The summed E-state index contributed by atoms with van der Waals surface area (Å²) in [5.74, 6) is 1.46. The molecule has 0 bridgehead atoms. The molecule has 0 radical (unpaired) electrons. The molecule has 0 saturated carbocycles. The molecule has 2 aromatic heterocycles. The van der Waals surface area contributed by atoms with Crippen LogP contribution < -0.4 is 21.1 Å². The Bertz CT molecular complexity index is 1150. The number of benzene rings is 1. The average molecular weight is 580 g/mol. The van der Waals surface area contributed by atoms with Crippen molar-refractivity contribution in [1.29, 1.82) is 0 Å². The highest BCUT2D eigenvalue weighted by Gasteiger charge is 2.18. The van der Waals surface area contributed by atoms with E-state index in [1.165, 1.54) is 19.5 Å². The van der Waals surface area contributed by atoms with Gasteiger partial charge >= 0.3 is 6.03 Å². The van der Waals surface area contributed by atoms with E-state index in [-0.39, 0.29) is 18.5 Å². The van der Waals surface area contributed by atoms with Gasteiger partial charge in [-0.25, -0.2) is 14.8 Å². The first-order valence-corrected chi connectivity index (χ1v) is 14.0. The molecule has 214 valence electrons. The zero-order valence-corrected chi connectivity index (χ0v) is 24.9. The summed E-state index contributed by atoms with van der Waals surface area (Å²) in [6.45, 7) is 12.3. The molecule has 10 nitrogen and oxygen atoms in total. The summed E-state index contributed by atoms with van der Waals surface area (Å²) in [6.07, 6.45) is 4.92. The minimum atomic E-state index is -0.214. The van der Waals surface area contributed by atoms with Crippen LogP contribution in [0.2, 0.25) is 10.0 Å². The number of hydrogen-bond donors (Lipinski definition) is 3. The monoisotopic (exact) mass is 578 g/mol. The molecule has 12 heteroatoms. The lowest BCUT2D eigenvalue weighted by molar-refractivity contribution is 0.200. The van der Waals surface area contributed by atoms with Crippen LogP contribution in [0.1, 0.15) is 39.8 Å². The first-order chi connectivity index (χ1) is 18.8. The predicted octanol–water partition coefficient (Wildman–Crippen LogP) is 5.11. The second-order valence-electron chi connectivity index (χ2n) is 8.65. The van der Waals surface area contributed by atoms with Gasteiger partial charge in [-0.3, -0.25) is 4.68 Å². The van der Waals surface area contributed by atoms with Gasteiger partial charge in [0.2, 0.25) is 5.95 Å². The number of nitrogens with zero attached hydrogens (tertiary/aromatic N) is 5. The van der Waals surface area contributed by atoms with Gasteiger partial charge in [-0.2, -0.15) is 5.10 Å². The van der Waals surface area contributed by atoms with E-state index in [9.17, 15) is 4.79 Å². The van der Waals surface area contributed by atoms with E-state index in [1.807, 2.05) is 33.0 Å². The number of carbonyl (C=O) groups is 1. The van der Waals surface area contributed by atoms with Crippen LogP contribution in [0.5, 0.6) is 5.75 Å². The van der Waals surface area contributed by atoms with Gasteiger partial charge in [0.25, 0.3) is 0 Å². The highest BCUT2D eigenvalue weighted by Crippen LogP contribution is 2.39. The Morgan fingerprint density at radius 3 is 2.62 bits per heavy atom. The van der Waals surface area contributed by atoms with Crippen LogP contribution in [0, 0.1) is 5.92 Å². The number of nitrogens with two attached hydrogens (primary N) is 1. The zero-order valence-electron chi connectivity index (χ0n) is 23.4. The fourth-order valence-corrected chi connectivity index (χ4v) is 4.37. The normalized spacial score (nSPS) is 14.0. The fraction of sp³-hybridized carbons (Fsp3) is 0.481. The van der Waals surface area contributed by atoms with Crippen molar-refractivity contribution in [2.45, 2.75) is 47.2 Å². The van der Waals surface area contributed by atoms with Gasteiger partial charge in [-0.05, 0) is 56.6 Å². The predicted molar refractivity (Wildman–Crippen MR) is 158 cm³/mol. The van der Waals surface area contributed by atoms with Gasteiger partial charge in [0.15, 0.2) is 0 Å². The molecule has 1 fully saturated rings. The second-order valence-corrected chi connectivity index (χ2v) is 9.49. The SMILES string of the molecule is CC.CCN(Cc1cc(-c2c(Cl)cc(Cl)cc2OCCn2cccn2)nc(N)n1)C(=O)NC.C[C@H]1CCNC1. The second kappa shape index (κ2) is 16.8. The molecule has 3 heterocycles. The highest BCUT2D eigenvalue weighted by atomic mass is 35.5. The van der Waals surface area contributed by atoms with Crippen LogP contribution in [-0.4, -0.2) is 64.0 Å². The maximum Gasteiger partial charge on any atom is 0.317 e. The van der Waals surface area contributed by atoms with Crippen molar-refractivity contribution >= 4 is 35.2 Å². The molecule has 1 aromatic carbocycles. The number of aromatic nitrogens is 4. The lowest BCUT2D eigenvalue weighted by Gasteiger charge is -2.20. The maximum absolute atomic E-state index is 12.0. The van der Waals surface area contributed by atoms with Gasteiger partial charge in [0.1, 0.15) is 12.4 Å². The van der Waals surface area contributed by atoms with Gasteiger partial charge in [-0.1, -0.05) is 44.0 Å². The third-order valence-corrected chi connectivity index (χ3v) is 6.27. The number of ether oxygens (including phenoxy) is 1. The molecule has 0 aliphatic carbocycles. The van der Waals surface area contributed by atoms with Gasteiger partial charge in [0.05, 0.1) is 35.1 Å². The maximum atomic E-state index is 12.0. The number of halogens is 2. The molecule has 39 heavy (non-hydrogen) atoms. The number of rotatable bonds is 8. The molecule has 2 amide bonds. The topological polar surface area (TPSA) is 123 Å². The summed E-state index contributed by atoms with van der Waals surface area (Å²) in [7, 11) is 1.57. The van der Waals surface area contributed by atoms with E-state index >= 15 is 0 Å². The Morgan fingerprint density at radius 2 is 2.05 bits per heavy atom. The Labute approximate surface area is 241 Å². The van der Waals surface area contributed by atoms with Crippen molar-refractivity contribution in [3.8, 4) is 17.0 Å². The molecule has 4 rings (SSSR count). The van der Waals surface area contributed by atoms with E-state index in [4.69, 9.17) is 33.7 Å². The van der Waals surface area contributed by atoms with E-state index in [0.717, 1.165) is 5.92 Å². The summed E-state index contributed by atoms with van der Waals surface area (Å²) in [5.41, 5.74) is 7.55. The number of nitrogen functional groups attached to an aromatic ring is 1. The molecule has 0 unspecified atom stereocenters. The lowest BCUT2D eigenvalue weighted by atomic mass is 10.1. The lowest BCUT2D eigenvalue weighted by Crippen LogP contribution is -2.37. The fourth-order valence-electron chi connectivity index (χ4n) is 3.80. The smallest absolute Gasteiger partial charge is 0.317 e. The number of anilines is 1. The standard InChI is InChI=1S/C20H23Cl2N7O2.C5H11N.C2H6/c1-3-28(20(30)24-2)12-14-11-16(27-19(23)26-14)18-15(22)9-13(21)10-17(18)31-8-7-29-6-4-5-25-29;1-5-2-3-6-4-5;1-2/h4-6,9-11H,3,7-8,12H2,1-2H3,(H,24,30)(H2,23,26,27);5-6H,2-4H2,1H3;1-2H3/t;5-;/m.0./s1. The summed E-state index contributed by atoms with van der Waals surface area (Å²) in [6, 6.07) is 6.64. The van der Waals surface area contributed by atoms with Crippen LogP contribution in [0.25, 0.3) is 11.3 Å². The van der Waals surface area contributed by atoms with Crippen molar-refractivity contribution in [1.82, 2.24) is 35.3 Å². The van der Waals surface area contributed by atoms with Crippen LogP contribution >= 0.6 is 23.2 Å². The number of nitrogens with one attached hydrogen (secondary N) is 2. The molecule has 4 N–H and O–H groups in total. The third-order valence-electron chi connectivity index (χ3n) is 5.75. The van der Waals surface area contributed by atoms with E-state index in [2.05, 4.69) is 32.6 Å². The van der Waals surface area contributed by atoms with Crippen LogP contribution in [0.3, 0.4) is 0 Å². The number of carbonyl (C=O) groups excluding carboxylic acids is 1. The van der Waals surface area contributed by atoms with Crippen LogP contribution in [0.15, 0.2) is 36.7 Å². The van der Waals surface area contributed by atoms with Crippen molar-refractivity contribution in [2.75, 3.05) is 39.0 Å². The third kappa shape index (κ3) is 10.2. The van der Waals surface area contributed by atoms with Crippen LogP contribution in [-0.2, 0) is 13.1 Å². The summed E-state index contributed by atoms with van der Waals surface area (Å²) in [5, 5.41) is 10.8. The Hall–Kier alpha value is -3.08. The van der Waals surface area contributed by atoms with Gasteiger partial charge < -0.3 is 26.0 Å². The first kappa shape index (κ1) is 32.1. The van der Waals surface area contributed by atoms with Crippen molar-refractivity contribution in [3.63, 3.8) is 0 Å². The zero-order chi connectivity index (χ0) is 28.8. The molecule has 3 aromatic rings. The van der Waals surface area contributed by atoms with Crippen LogP contribution in [0.4, 0.5) is 10.7 Å². The number of hydrogen-bond acceptors (Lipinski definition) is 7. The first-order valence-electron chi connectivity index (χ1n) is 13.2. The molecule has 1 saturated heterocycles. The molecule has 0 spiro atoms. The van der Waals surface area contributed by atoms with Gasteiger partial charge in [0, 0.05) is 31.0 Å². The Morgan fingerprint density at radius 1 is 1.28 bits per heavy atom. The summed E-state index contributed by atoms with van der Waals surface area (Å²) < 4.78 is 7.71. The van der Waals surface area contributed by atoms with Crippen molar-refractivity contribution in [2.24, 2.45) is 5.92 Å². The minimum absolute atomic E-state index is 0.0639. The number of amides is 2. The molecule has 1 atom stereocenters. The summed E-state index contributed by atoms with van der Waals surface area (Å²) in [4.78, 5) is 22.2. The Balaban J connectivity index is 0.000000578. The minimum Gasteiger partial charge on any atom is -0.491 e. The summed E-state index contributed by atoms with van der Waals surface area (Å²) >= 11 is 12.7. The molecule has 1 aliphatic heterocycles. The molecular formula is C27H40Cl2N8O2. The molecular weight excluding hydrogens is 539 g/mol. The van der Waals surface area contributed by atoms with Crippen molar-refractivity contribution < 1.29 is 9.53 Å². The van der Waals surface area contributed by atoms with E-state index in [1.54, 1.807) is 41.0 Å². The molecule has 1 aliphatic rings.